The van der Waals surface area contributed by atoms with Gasteiger partial charge in [-0.3, -0.25) is 4.68 Å². The van der Waals surface area contributed by atoms with E-state index in [1.54, 1.807) is 16.8 Å². The highest BCUT2D eigenvalue weighted by atomic mass is 79.9. The number of halogens is 3. The van der Waals surface area contributed by atoms with Crippen LogP contribution in [0.1, 0.15) is 30.0 Å². The first-order chi connectivity index (χ1) is 9.43. The van der Waals surface area contributed by atoms with Crippen LogP contribution in [0.3, 0.4) is 0 Å². The Morgan fingerprint density at radius 2 is 2.10 bits per heavy atom. The van der Waals surface area contributed by atoms with E-state index in [0.29, 0.717) is 16.5 Å². The van der Waals surface area contributed by atoms with Gasteiger partial charge in [0.2, 0.25) is 0 Å². The lowest BCUT2D eigenvalue weighted by atomic mass is 10.0. The van der Waals surface area contributed by atoms with E-state index >= 15 is 0 Å². The van der Waals surface area contributed by atoms with Crippen LogP contribution in [-0.4, -0.2) is 14.9 Å². The van der Waals surface area contributed by atoms with Gasteiger partial charge in [-0.05, 0) is 56.0 Å². The molecule has 1 unspecified atom stereocenters. The lowest BCUT2D eigenvalue weighted by Crippen LogP contribution is -2.07. The van der Waals surface area contributed by atoms with Crippen LogP contribution in [0, 0.1) is 5.82 Å². The van der Waals surface area contributed by atoms with E-state index in [2.05, 4.69) is 37.0 Å². The van der Waals surface area contributed by atoms with E-state index in [1.165, 1.54) is 6.07 Å². The van der Waals surface area contributed by atoms with E-state index in [4.69, 9.17) is 0 Å². The number of aromatic nitrogens is 2. The molecule has 0 saturated carbocycles. The van der Waals surface area contributed by atoms with Gasteiger partial charge >= 0.3 is 0 Å². The van der Waals surface area contributed by atoms with Crippen molar-refractivity contribution in [3.8, 4) is 0 Å². The number of rotatable bonds is 4. The van der Waals surface area contributed by atoms with Crippen LogP contribution in [0.2, 0.25) is 0 Å². The van der Waals surface area contributed by atoms with Gasteiger partial charge in [-0.25, -0.2) is 4.39 Å². The highest BCUT2D eigenvalue weighted by molar-refractivity contribution is 9.10. The van der Waals surface area contributed by atoms with Crippen molar-refractivity contribution in [1.82, 2.24) is 9.78 Å². The van der Waals surface area contributed by atoms with Crippen molar-refractivity contribution >= 4 is 31.9 Å². The SMILES string of the molecule is CCc1nn(C)c(CC(O)c2ccc(F)c(Br)c2)c1Br. The summed E-state index contributed by atoms with van der Waals surface area (Å²) in [6, 6.07) is 4.54. The minimum Gasteiger partial charge on any atom is -0.388 e. The molecule has 0 fully saturated rings. The van der Waals surface area contributed by atoms with Gasteiger partial charge in [-0.2, -0.15) is 5.10 Å². The van der Waals surface area contributed by atoms with Gasteiger partial charge in [0, 0.05) is 13.5 Å². The molecule has 1 aromatic heterocycles. The number of aryl methyl sites for hydroxylation is 2. The number of hydrogen-bond donors (Lipinski definition) is 1. The van der Waals surface area contributed by atoms with E-state index in [-0.39, 0.29) is 5.82 Å². The molecule has 0 bridgehead atoms. The van der Waals surface area contributed by atoms with Crippen LogP contribution in [0.25, 0.3) is 0 Å². The molecule has 0 aliphatic carbocycles. The second-order valence-electron chi connectivity index (χ2n) is 4.58. The van der Waals surface area contributed by atoms with Gasteiger partial charge in [0.1, 0.15) is 5.82 Å². The maximum absolute atomic E-state index is 13.2. The van der Waals surface area contributed by atoms with E-state index in [9.17, 15) is 9.50 Å². The fourth-order valence-corrected chi connectivity index (χ4v) is 3.24. The van der Waals surface area contributed by atoms with Gasteiger partial charge in [0.05, 0.1) is 26.4 Å². The summed E-state index contributed by atoms with van der Waals surface area (Å²) in [6.07, 6.45) is 0.540. The molecule has 3 nitrogen and oxygen atoms in total. The maximum Gasteiger partial charge on any atom is 0.137 e. The van der Waals surface area contributed by atoms with Gasteiger partial charge in [0.15, 0.2) is 0 Å². The molecule has 0 amide bonds. The molecule has 108 valence electrons. The molecule has 6 heteroatoms. The third-order valence-corrected chi connectivity index (χ3v) is 4.74. The average Bonchev–Trinajstić information content (AvgIpc) is 2.69. The molecule has 2 aromatic rings. The topological polar surface area (TPSA) is 38.0 Å². The van der Waals surface area contributed by atoms with Crippen molar-refractivity contribution in [2.24, 2.45) is 7.05 Å². The number of benzene rings is 1. The zero-order valence-electron chi connectivity index (χ0n) is 11.2. The fourth-order valence-electron chi connectivity index (χ4n) is 2.06. The molecular weight excluding hydrogens is 391 g/mol. The molecule has 0 aliphatic rings. The summed E-state index contributed by atoms with van der Waals surface area (Å²) in [5, 5.41) is 14.7. The molecule has 0 radical (unpaired) electrons. The zero-order valence-corrected chi connectivity index (χ0v) is 14.4. The van der Waals surface area contributed by atoms with Crippen LogP contribution in [0.5, 0.6) is 0 Å². The Balaban J connectivity index is 2.25. The quantitative estimate of drug-likeness (QED) is 0.836. The third-order valence-electron chi connectivity index (χ3n) is 3.22. The molecule has 2 rings (SSSR count). The highest BCUT2D eigenvalue weighted by Gasteiger charge is 2.18. The van der Waals surface area contributed by atoms with Crippen molar-refractivity contribution in [2.75, 3.05) is 0 Å². The molecule has 0 spiro atoms. The minimum absolute atomic E-state index is 0.337. The molecule has 1 atom stereocenters. The molecule has 0 saturated heterocycles. The third kappa shape index (κ3) is 3.13. The fraction of sp³-hybridized carbons (Fsp3) is 0.357. The Kier molecular flexibility index (Phi) is 4.99. The van der Waals surface area contributed by atoms with Crippen LogP contribution in [0.15, 0.2) is 27.1 Å². The summed E-state index contributed by atoms with van der Waals surface area (Å²) < 4.78 is 16.3. The summed E-state index contributed by atoms with van der Waals surface area (Å²) >= 11 is 6.66. The van der Waals surface area contributed by atoms with Crippen molar-refractivity contribution in [3.63, 3.8) is 0 Å². The van der Waals surface area contributed by atoms with Crippen LogP contribution in [-0.2, 0) is 19.9 Å². The second kappa shape index (κ2) is 6.37. The minimum atomic E-state index is -0.705. The maximum atomic E-state index is 13.2. The van der Waals surface area contributed by atoms with Crippen LogP contribution >= 0.6 is 31.9 Å². The molecule has 1 heterocycles. The largest absolute Gasteiger partial charge is 0.388 e. The van der Waals surface area contributed by atoms with Crippen LogP contribution < -0.4 is 0 Å². The predicted octanol–water partition coefficient (Wildman–Crippen LogP) is 3.92. The normalized spacial score (nSPS) is 12.7. The average molecular weight is 406 g/mol. The van der Waals surface area contributed by atoms with Crippen molar-refractivity contribution in [2.45, 2.75) is 25.9 Å². The van der Waals surface area contributed by atoms with Crippen LogP contribution in [0.4, 0.5) is 4.39 Å². The van der Waals surface area contributed by atoms with Crippen molar-refractivity contribution in [1.29, 1.82) is 0 Å². The second-order valence-corrected chi connectivity index (χ2v) is 6.23. The summed E-state index contributed by atoms with van der Waals surface area (Å²) in [7, 11) is 1.85. The number of aliphatic hydroxyl groups is 1. The first kappa shape index (κ1) is 15.7. The van der Waals surface area contributed by atoms with E-state index < -0.39 is 6.10 Å². The van der Waals surface area contributed by atoms with E-state index in [1.807, 2.05) is 14.0 Å². The zero-order chi connectivity index (χ0) is 14.9. The van der Waals surface area contributed by atoms with Gasteiger partial charge in [-0.1, -0.05) is 13.0 Å². The first-order valence-corrected chi connectivity index (χ1v) is 7.85. The van der Waals surface area contributed by atoms with Crippen molar-refractivity contribution in [3.05, 3.63) is 49.9 Å². The van der Waals surface area contributed by atoms with E-state index in [0.717, 1.165) is 22.3 Å². The Morgan fingerprint density at radius 1 is 1.40 bits per heavy atom. The summed E-state index contributed by atoms with van der Waals surface area (Å²) in [4.78, 5) is 0. The lowest BCUT2D eigenvalue weighted by Gasteiger charge is -2.12. The van der Waals surface area contributed by atoms with Crippen molar-refractivity contribution < 1.29 is 9.50 Å². The van der Waals surface area contributed by atoms with Gasteiger partial charge in [0.25, 0.3) is 0 Å². The Hall–Kier alpha value is -0.720. The standard InChI is InChI=1S/C14H15Br2FN2O/c1-3-11-14(16)12(19(2)18-11)7-13(20)8-4-5-10(17)9(15)6-8/h4-6,13,20H,3,7H2,1-2H3. The smallest absolute Gasteiger partial charge is 0.137 e. The predicted molar refractivity (Wildman–Crippen MR) is 83.0 cm³/mol. The summed E-state index contributed by atoms with van der Waals surface area (Å²) in [5.74, 6) is -0.337. The Morgan fingerprint density at radius 3 is 2.65 bits per heavy atom. The summed E-state index contributed by atoms with van der Waals surface area (Å²) in [5.41, 5.74) is 2.56. The molecule has 1 aromatic carbocycles. The monoisotopic (exact) mass is 404 g/mol. The lowest BCUT2D eigenvalue weighted by molar-refractivity contribution is 0.175. The first-order valence-electron chi connectivity index (χ1n) is 6.27. The molecule has 0 aliphatic heterocycles. The number of hydrogen-bond acceptors (Lipinski definition) is 2. The summed E-state index contributed by atoms with van der Waals surface area (Å²) in [6.45, 7) is 2.03. The van der Waals surface area contributed by atoms with Gasteiger partial charge in [-0.15, -0.1) is 0 Å². The number of aliphatic hydroxyl groups excluding tert-OH is 1. The molecular formula is C14H15Br2FN2O. The number of nitrogens with zero attached hydrogens (tertiary/aromatic N) is 2. The van der Waals surface area contributed by atoms with Gasteiger partial charge < -0.3 is 5.11 Å². The Labute approximate surface area is 134 Å². The highest BCUT2D eigenvalue weighted by Crippen LogP contribution is 2.28. The molecule has 20 heavy (non-hydrogen) atoms. The Bertz CT molecular complexity index is 628. The molecule has 1 N–H and O–H groups in total.